The first-order valence-electron chi connectivity index (χ1n) is 15.7. The number of nitrogens with zero attached hydrogens (tertiary/aromatic N) is 2. The first-order valence-corrected chi connectivity index (χ1v) is 15.7. The Morgan fingerprint density at radius 1 is 0.478 bits per heavy atom. The maximum atomic E-state index is 6.15. The van der Waals surface area contributed by atoms with Crippen molar-refractivity contribution in [3.8, 4) is 27.9 Å². The van der Waals surface area contributed by atoms with Crippen LogP contribution in [0.5, 0.6) is 0 Å². The van der Waals surface area contributed by atoms with Crippen LogP contribution in [0.1, 0.15) is 0 Å². The van der Waals surface area contributed by atoms with Crippen molar-refractivity contribution in [1.29, 1.82) is 0 Å². The third-order valence-corrected chi connectivity index (χ3v) is 9.20. The van der Waals surface area contributed by atoms with E-state index < -0.39 is 0 Å². The van der Waals surface area contributed by atoms with Crippen molar-refractivity contribution in [2.75, 3.05) is 11.9 Å². The number of benzene rings is 7. The highest BCUT2D eigenvalue weighted by atomic mass is 16.3. The molecule has 0 saturated carbocycles. The quantitative estimate of drug-likeness (QED) is 0.199. The van der Waals surface area contributed by atoms with E-state index in [0.717, 1.165) is 39.0 Å². The van der Waals surface area contributed by atoms with Crippen LogP contribution in [0.3, 0.4) is 0 Å². The molecule has 0 aliphatic heterocycles. The summed E-state index contributed by atoms with van der Waals surface area (Å²) >= 11 is 0. The molecule has 0 unspecified atom stereocenters. The smallest absolute Gasteiger partial charge is 0.135 e. The minimum atomic E-state index is 0.901. The minimum absolute atomic E-state index is 0.901. The van der Waals surface area contributed by atoms with Gasteiger partial charge in [0.1, 0.15) is 11.2 Å². The maximum Gasteiger partial charge on any atom is 0.135 e. The number of aromatic nitrogens is 1. The van der Waals surface area contributed by atoms with Gasteiger partial charge in [0.05, 0.1) is 11.0 Å². The van der Waals surface area contributed by atoms with E-state index in [-0.39, 0.29) is 0 Å². The van der Waals surface area contributed by atoms with E-state index in [1.165, 1.54) is 44.1 Å². The summed E-state index contributed by atoms with van der Waals surface area (Å²) in [5, 5.41) is 4.73. The third kappa shape index (κ3) is 4.13. The average Bonchev–Trinajstić information content (AvgIpc) is 3.67. The highest BCUT2D eigenvalue weighted by Gasteiger charge is 2.22. The monoisotopic (exact) mass is 590 g/mol. The van der Waals surface area contributed by atoms with E-state index in [0.29, 0.717) is 0 Å². The largest absolute Gasteiger partial charge is 0.456 e. The van der Waals surface area contributed by atoms with Gasteiger partial charge in [0.2, 0.25) is 0 Å². The predicted molar refractivity (Wildman–Crippen MR) is 193 cm³/mol. The number of anilines is 2. The molecular weight excluding hydrogens is 560 g/mol. The van der Waals surface area contributed by atoms with Crippen LogP contribution in [-0.4, -0.2) is 11.6 Å². The van der Waals surface area contributed by atoms with Gasteiger partial charge in [-0.25, -0.2) is 0 Å². The molecule has 3 heteroatoms. The van der Waals surface area contributed by atoms with Gasteiger partial charge < -0.3 is 13.9 Å². The lowest BCUT2D eigenvalue weighted by atomic mass is 9.96. The van der Waals surface area contributed by atoms with Gasteiger partial charge in [0.25, 0.3) is 0 Å². The lowest BCUT2D eigenvalue weighted by molar-refractivity contribution is 0.669. The van der Waals surface area contributed by atoms with Gasteiger partial charge >= 0.3 is 0 Å². The zero-order chi connectivity index (χ0) is 30.6. The molecular formula is C43H30N2O. The Kier molecular flexibility index (Phi) is 6.04. The molecule has 46 heavy (non-hydrogen) atoms. The molecule has 0 fully saturated rings. The highest BCUT2D eigenvalue weighted by molar-refractivity contribution is 6.19. The zero-order valence-electron chi connectivity index (χ0n) is 25.4. The third-order valence-electron chi connectivity index (χ3n) is 9.20. The van der Waals surface area contributed by atoms with Crippen molar-refractivity contribution in [3.05, 3.63) is 164 Å². The normalized spacial score (nSPS) is 11.6. The van der Waals surface area contributed by atoms with Gasteiger partial charge in [-0.3, -0.25) is 0 Å². The Labute approximate surface area is 267 Å². The van der Waals surface area contributed by atoms with Gasteiger partial charge in [-0.1, -0.05) is 109 Å². The summed E-state index contributed by atoms with van der Waals surface area (Å²) in [5.41, 5.74) is 12.4. The summed E-state index contributed by atoms with van der Waals surface area (Å²) in [6.45, 7) is 0. The SMILES string of the molecule is CN(c1ccc2oc3ccccc3c2c1)c1ccc2c(c1-c1ccccc1)c1ccccc1n2-c1cccc(-c2ccccc2)c1. The van der Waals surface area contributed by atoms with Gasteiger partial charge in [-0.15, -0.1) is 0 Å². The Bertz CT molecular complexity index is 2540. The molecule has 7 aromatic carbocycles. The van der Waals surface area contributed by atoms with E-state index in [9.17, 15) is 0 Å². The van der Waals surface area contributed by atoms with Crippen molar-refractivity contribution in [2.45, 2.75) is 0 Å². The van der Waals surface area contributed by atoms with E-state index >= 15 is 0 Å². The fourth-order valence-corrected chi connectivity index (χ4v) is 7.02. The van der Waals surface area contributed by atoms with Crippen LogP contribution in [0.4, 0.5) is 11.4 Å². The molecule has 2 aromatic heterocycles. The Morgan fingerprint density at radius 3 is 1.98 bits per heavy atom. The van der Waals surface area contributed by atoms with E-state index in [1.54, 1.807) is 0 Å². The Balaban J connectivity index is 1.30. The molecule has 3 nitrogen and oxygen atoms in total. The van der Waals surface area contributed by atoms with E-state index in [2.05, 4.69) is 168 Å². The summed E-state index contributed by atoms with van der Waals surface area (Å²) in [6, 6.07) is 58.4. The molecule has 9 rings (SSSR count). The van der Waals surface area contributed by atoms with Crippen molar-refractivity contribution < 1.29 is 4.42 Å². The molecule has 0 spiro atoms. The van der Waals surface area contributed by atoms with Crippen molar-refractivity contribution in [1.82, 2.24) is 4.57 Å². The second-order valence-electron chi connectivity index (χ2n) is 11.8. The lowest BCUT2D eigenvalue weighted by Crippen LogP contribution is -2.11. The Morgan fingerprint density at radius 2 is 1.15 bits per heavy atom. The molecule has 0 aliphatic rings. The van der Waals surface area contributed by atoms with Crippen molar-refractivity contribution >= 4 is 55.1 Å². The van der Waals surface area contributed by atoms with E-state index in [1.807, 2.05) is 12.1 Å². The van der Waals surface area contributed by atoms with Crippen LogP contribution in [0.25, 0.3) is 71.7 Å². The van der Waals surface area contributed by atoms with Gasteiger partial charge in [-0.05, 0) is 71.3 Å². The molecule has 2 heterocycles. The maximum absolute atomic E-state index is 6.15. The van der Waals surface area contributed by atoms with Crippen LogP contribution >= 0.6 is 0 Å². The molecule has 0 saturated heterocycles. The second-order valence-corrected chi connectivity index (χ2v) is 11.8. The number of rotatable bonds is 5. The minimum Gasteiger partial charge on any atom is -0.456 e. The van der Waals surface area contributed by atoms with Crippen LogP contribution in [-0.2, 0) is 0 Å². The average molecular weight is 591 g/mol. The first kappa shape index (κ1) is 26.4. The van der Waals surface area contributed by atoms with Crippen molar-refractivity contribution in [3.63, 3.8) is 0 Å². The Hall–Kier alpha value is -6.06. The summed E-state index contributed by atoms with van der Waals surface area (Å²) < 4.78 is 8.57. The lowest BCUT2D eigenvalue weighted by Gasteiger charge is -2.24. The second kappa shape index (κ2) is 10.5. The molecule has 0 atom stereocenters. The van der Waals surface area contributed by atoms with Crippen molar-refractivity contribution in [2.24, 2.45) is 0 Å². The topological polar surface area (TPSA) is 21.3 Å². The van der Waals surface area contributed by atoms with Crippen LogP contribution in [0.15, 0.2) is 168 Å². The molecule has 0 bridgehead atoms. The summed E-state index contributed by atoms with van der Waals surface area (Å²) in [7, 11) is 2.17. The fourth-order valence-electron chi connectivity index (χ4n) is 7.02. The van der Waals surface area contributed by atoms with Gasteiger partial charge in [0, 0.05) is 51.2 Å². The molecule has 0 N–H and O–H groups in total. The highest BCUT2D eigenvalue weighted by Crippen LogP contribution is 2.45. The predicted octanol–water partition coefficient (Wildman–Crippen LogP) is 11.8. The standard InChI is InChI=1S/C43H30N2O/c1-44(32-23-26-41-36(28-32)34-19-9-11-22-40(34)46-41)38-24-25-39-43(42(38)30-15-6-3-7-16-30)35-20-8-10-21-37(35)45(39)33-18-12-17-31(27-33)29-13-4-2-5-14-29/h2-28H,1H3. The molecule has 0 radical (unpaired) electrons. The summed E-state index contributed by atoms with van der Waals surface area (Å²) in [6.07, 6.45) is 0. The van der Waals surface area contributed by atoms with Crippen LogP contribution in [0.2, 0.25) is 0 Å². The fraction of sp³-hybridized carbons (Fsp3) is 0.0233. The summed E-state index contributed by atoms with van der Waals surface area (Å²) in [5.74, 6) is 0. The number of para-hydroxylation sites is 2. The van der Waals surface area contributed by atoms with Gasteiger partial charge in [-0.2, -0.15) is 0 Å². The number of furan rings is 1. The van der Waals surface area contributed by atoms with E-state index in [4.69, 9.17) is 4.42 Å². The molecule has 0 amide bonds. The number of fused-ring (bicyclic) bond motifs is 6. The van der Waals surface area contributed by atoms with Crippen LogP contribution < -0.4 is 4.90 Å². The first-order chi connectivity index (χ1) is 22.7. The molecule has 0 aliphatic carbocycles. The molecule has 218 valence electrons. The van der Waals surface area contributed by atoms with Gasteiger partial charge in [0.15, 0.2) is 0 Å². The number of hydrogen-bond donors (Lipinski definition) is 0. The number of hydrogen-bond acceptors (Lipinski definition) is 2. The van der Waals surface area contributed by atoms with Crippen LogP contribution in [0, 0.1) is 0 Å². The zero-order valence-corrected chi connectivity index (χ0v) is 25.4. The molecule has 9 aromatic rings. The summed E-state index contributed by atoms with van der Waals surface area (Å²) in [4.78, 5) is 2.31.